The Morgan fingerprint density at radius 3 is 2.55 bits per heavy atom. The first kappa shape index (κ1) is 15.8. The molecule has 0 unspecified atom stereocenters. The lowest BCUT2D eigenvalue weighted by Gasteiger charge is -2.08. The maximum absolute atomic E-state index is 5.61. The van der Waals surface area contributed by atoms with Crippen molar-refractivity contribution in [1.29, 1.82) is 0 Å². The molecule has 2 rings (SSSR count). The first-order valence-electron chi connectivity index (χ1n) is 6.88. The average molecular weight is 266 g/mol. The highest BCUT2D eigenvalue weighted by molar-refractivity contribution is 5.85. The molecule has 0 spiro atoms. The molecule has 0 N–H and O–H groups in total. The van der Waals surface area contributed by atoms with Crippen LogP contribution in [0.2, 0.25) is 0 Å². The first-order valence-corrected chi connectivity index (χ1v) is 6.88. The Bertz CT molecular complexity index is 588. The third-order valence-corrected chi connectivity index (χ3v) is 2.71. The van der Waals surface area contributed by atoms with Crippen LogP contribution in [0.3, 0.4) is 0 Å². The van der Waals surface area contributed by atoms with Crippen LogP contribution in [0.15, 0.2) is 79.6 Å². The van der Waals surface area contributed by atoms with Gasteiger partial charge in [-0.3, -0.25) is 0 Å². The second kappa shape index (κ2) is 8.76. The van der Waals surface area contributed by atoms with E-state index in [-0.39, 0.29) is 0 Å². The Labute approximate surface area is 121 Å². The van der Waals surface area contributed by atoms with Gasteiger partial charge in [0.25, 0.3) is 0 Å². The summed E-state index contributed by atoms with van der Waals surface area (Å²) in [5.74, 6) is 0.642. The monoisotopic (exact) mass is 266 g/mol. The molecule has 0 aromatic heterocycles. The molecule has 0 amide bonds. The Morgan fingerprint density at radius 2 is 1.80 bits per heavy atom. The van der Waals surface area contributed by atoms with Gasteiger partial charge in [-0.2, -0.15) is 0 Å². The Balaban J connectivity index is 0.000000956. The Morgan fingerprint density at radius 1 is 1.10 bits per heavy atom. The maximum atomic E-state index is 5.61. The van der Waals surface area contributed by atoms with Crippen LogP contribution in [0.25, 0.3) is 10.8 Å². The molecular weight excluding hydrogens is 244 g/mol. The van der Waals surface area contributed by atoms with E-state index in [4.69, 9.17) is 4.74 Å². The fraction of sp³-hybridized carbons (Fsp3) is 0.158. The summed E-state index contributed by atoms with van der Waals surface area (Å²) in [5.41, 5.74) is 1.17. The number of allylic oxidation sites excluding steroid dienone is 3. The van der Waals surface area contributed by atoms with Crippen LogP contribution in [0, 0.1) is 0 Å². The topological polar surface area (TPSA) is 9.23 Å². The number of hydrogen-bond donors (Lipinski definition) is 0. The molecule has 2 aromatic rings. The fourth-order valence-electron chi connectivity index (χ4n) is 1.81. The minimum Gasteiger partial charge on any atom is -0.490 e. The Kier molecular flexibility index (Phi) is 6.91. The molecule has 104 valence electrons. The lowest BCUT2D eigenvalue weighted by molar-refractivity contribution is 0.214. The molecule has 0 fully saturated rings. The van der Waals surface area contributed by atoms with E-state index in [0.717, 1.165) is 0 Å². The first-order chi connectivity index (χ1) is 9.81. The highest BCUT2D eigenvalue weighted by Gasteiger charge is 2.00. The quantitative estimate of drug-likeness (QED) is 0.502. The molecule has 0 radical (unpaired) electrons. The standard InChI is InChI=1S/C17H16O.C2H6/c1-3-4-8-14(2)18-13-16-11-7-10-15-9-5-6-12-17(15)16;1-2/h3-12H,1-2,13H2;1-2H3/b8-4-;. The van der Waals surface area contributed by atoms with Crippen molar-refractivity contribution >= 4 is 10.8 Å². The molecule has 1 heteroatoms. The van der Waals surface area contributed by atoms with Crippen molar-refractivity contribution in [3.8, 4) is 0 Å². The van der Waals surface area contributed by atoms with Gasteiger partial charge in [-0.05, 0) is 22.4 Å². The highest BCUT2D eigenvalue weighted by atomic mass is 16.5. The van der Waals surface area contributed by atoms with Crippen molar-refractivity contribution < 1.29 is 4.74 Å². The van der Waals surface area contributed by atoms with Gasteiger partial charge in [0.2, 0.25) is 0 Å². The van der Waals surface area contributed by atoms with Crippen LogP contribution < -0.4 is 0 Å². The van der Waals surface area contributed by atoms with Crippen LogP contribution in [0.4, 0.5) is 0 Å². The number of benzene rings is 2. The molecule has 0 aliphatic carbocycles. The number of fused-ring (bicyclic) bond motifs is 1. The van der Waals surface area contributed by atoms with E-state index >= 15 is 0 Å². The van der Waals surface area contributed by atoms with Crippen LogP contribution >= 0.6 is 0 Å². The van der Waals surface area contributed by atoms with E-state index in [2.05, 4.69) is 37.4 Å². The summed E-state index contributed by atoms with van der Waals surface area (Å²) in [6.45, 7) is 12.0. The average Bonchev–Trinajstić information content (AvgIpc) is 2.52. The number of ether oxygens (including phenoxy) is 1. The third-order valence-electron chi connectivity index (χ3n) is 2.71. The highest BCUT2D eigenvalue weighted by Crippen LogP contribution is 2.19. The minimum atomic E-state index is 0.529. The summed E-state index contributed by atoms with van der Waals surface area (Å²) in [6, 6.07) is 14.5. The van der Waals surface area contributed by atoms with Crippen LogP contribution in [-0.4, -0.2) is 0 Å². The van der Waals surface area contributed by atoms with E-state index in [9.17, 15) is 0 Å². The maximum Gasteiger partial charge on any atom is 0.114 e. The molecule has 20 heavy (non-hydrogen) atoms. The molecule has 0 saturated carbocycles. The van der Waals surface area contributed by atoms with Gasteiger partial charge in [-0.25, -0.2) is 0 Å². The SMILES string of the molecule is C=C/C=C\C(=C)OCc1cccc2ccccc12.CC. The van der Waals surface area contributed by atoms with Crippen molar-refractivity contribution in [1.82, 2.24) is 0 Å². The van der Waals surface area contributed by atoms with Crippen molar-refractivity contribution in [2.24, 2.45) is 0 Å². The van der Waals surface area contributed by atoms with E-state index in [1.165, 1.54) is 16.3 Å². The van der Waals surface area contributed by atoms with Gasteiger partial charge in [0.15, 0.2) is 0 Å². The van der Waals surface area contributed by atoms with Crippen molar-refractivity contribution in [3.05, 3.63) is 85.2 Å². The summed E-state index contributed by atoms with van der Waals surface area (Å²) in [5, 5.41) is 2.45. The van der Waals surface area contributed by atoms with Gasteiger partial charge in [-0.15, -0.1) is 0 Å². The largest absolute Gasteiger partial charge is 0.490 e. The number of rotatable bonds is 5. The van der Waals surface area contributed by atoms with Gasteiger partial charge in [0.05, 0.1) is 0 Å². The molecule has 0 aliphatic rings. The van der Waals surface area contributed by atoms with Crippen molar-refractivity contribution in [2.45, 2.75) is 20.5 Å². The summed E-state index contributed by atoms with van der Waals surface area (Å²) in [7, 11) is 0. The van der Waals surface area contributed by atoms with Gasteiger partial charge >= 0.3 is 0 Å². The van der Waals surface area contributed by atoms with E-state index < -0.39 is 0 Å². The fourth-order valence-corrected chi connectivity index (χ4v) is 1.81. The molecule has 0 bridgehead atoms. The predicted octanol–water partition coefficient (Wildman–Crippen LogP) is 5.64. The summed E-state index contributed by atoms with van der Waals surface area (Å²) >= 11 is 0. The lowest BCUT2D eigenvalue weighted by atomic mass is 10.1. The van der Waals surface area contributed by atoms with Gasteiger partial charge in [-0.1, -0.05) is 81.6 Å². The summed E-state index contributed by atoms with van der Waals surface area (Å²) < 4.78 is 5.61. The second-order valence-electron chi connectivity index (χ2n) is 3.99. The zero-order valence-electron chi connectivity index (χ0n) is 12.3. The van der Waals surface area contributed by atoms with Crippen LogP contribution in [-0.2, 0) is 11.3 Å². The third kappa shape index (κ3) is 4.43. The Hall–Kier alpha value is -2.28. The van der Waals surface area contributed by atoms with E-state index in [0.29, 0.717) is 12.4 Å². The predicted molar refractivity (Wildman–Crippen MR) is 88.6 cm³/mol. The van der Waals surface area contributed by atoms with E-state index in [1.54, 1.807) is 12.2 Å². The van der Waals surface area contributed by atoms with Gasteiger partial charge in [0.1, 0.15) is 12.4 Å². The molecule has 2 aromatic carbocycles. The molecular formula is C19H22O. The normalized spacial score (nSPS) is 9.90. The van der Waals surface area contributed by atoms with Crippen LogP contribution in [0.1, 0.15) is 19.4 Å². The van der Waals surface area contributed by atoms with Crippen molar-refractivity contribution in [3.63, 3.8) is 0 Å². The molecule has 0 saturated heterocycles. The molecule has 1 nitrogen and oxygen atoms in total. The lowest BCUT2D eigenvalue weighted by Crippen LogP contribution is -1.92. The zero-order chi connectivity index (χ0) is 14.8. The second-order valence-corrected chi connectivity index (χ2v) is 3.99. The smallest absolute Gasteiger partial charge is 0.114 e. The minimum absolute atomic E-state index is 0.529. The zero-order valence-corrected chi connectivity index (χ0v) is 12.3. The van der Waals surface area contributed by atoms with E-state index in [1.807, 2.05) is 38.1 Å². The molecule has 0 atom stereocenters. The van der Waals surface area contributed by atoms with Gasteiger partial charge in [0, 0.05) is 0 Å². The number of hydrogen-bond acceptors (Lipinski definition) is 1. The molecule has 0 heterocycles. The van der Waals surface area contributed by atoms with Gasteiger partial charge < -0.3 is 4.74 Å². The van der Waals surface area contributed by atoms with Crippen molar-refractivity contribution in [2.75, 3.05) is 0 Å². The summed E-state index contributed by atoms with van der Waals surface area (Å²) in [6.07, 6.45) is 5.32. The molecule has 0 aliphatic heterocycles. The van der Waals surface area contributed by atoms with Crippen LogP contribution in [0.5, 0.6) is 0 Å². The summed E-state index contributed by atoms with van der Waals surface area (Å²) in [4.78, 5) is 0.